The molecule has 3 aromatic carbocycles. The van der Waals surface area contributed by atoms with Crippen molar-refractivity contribution in [3.8, 4) is 17.2 Å². The SMILES string of the molecule is NC(N)=Nc1ccc2c(c1)CCCOc1c(CCC(=O)C[C@@H](Cc3ccc(O)cc3)C(=O)O)cccc1OC2=O. The maximum absolute atomic E-state index is 13.1. The zero-order chi connectivity index (χ0) is 28.6. The number of ether oxygens (including phenoxy) is 2. The van der Waals surface area contributed by atoms with E-state index in [1.54, 1.807) is 48.5 Å². The number of phenols is 1. The number of rotatable bonds is 9. The average molecular weight is 546 g/mol. The highest BCUT2D eigenvalue weighted by molar-refractivity contribution is 5.94. The molecule has 208 valence electrons. The maximum atomic E-state index is 13.1. The number of fused-ring (bicyclic) bond motifs is 2. The molecule has 10 nitrogen and oxygen atoms in total. The Hall–Kier alpha value is -4.86. The van der Waals surface area contributed by atoms with Gasteiger partial charge in [0, 0.05) is 12.8 Å². The molecule has 0 radical (unpaired) electrons. The van der Waals surface area contributed by atoms with E-state index in [2.05, 4.69) is 4.99 Å². The number of ketones is 1. The van der Waals surface area contributed by atoms with Crippen LogP contribution in [-0.2, 0) is 28.9 Å². The van der Waals surface area contributed by atoms with E-state index in [-0.39, 0.29) is 42.5 Å². The number of aliphatic carboxylic acids is 1. The van der Waals surface area contributed by atoms with E-state index >= 15 is 0 Å². The third-order valence-corrected chi connectivity index (χ3v) is 6.58. The summed E-state index contributed by atoms with van der Waals surface area (Å²) in [4.78, 5) is 41.7. The van der Waals surface area contributed by atoms with E-state index in [1.165, 1.54) is 12.1 Å². The molecular weight excluding hydrogens is 514 g/mol. The number of benzene rings is 3. The average Bonchev–Trinajstić information content (AvgIpc) is 2.91. The van der Waals surface area contributed by atoms with Crippen molar-refractivity contribution in [2.75, 3.05) is 6.61 Å². The van der Waals surface area contributed by atoms with Crippen molar-refractivity contribution in [3.05, 3.63) is 82.9 Å². The Morgan fingerprint density at radius 3 is 2.55 bits per heavy atom. The smallest absolute Gasteiger partial charge is 0.343 e. The number of nitrogens with two attached hydrogens (primary N) is 2. The molecule has 40 heavy (non-hydrogen) atoms. The number of hydrogen-bond donors (Lipinski definition) is 4. The number of carboxylic acids is 1. The quantitative estimate of drug-likeness (QED) is 0.135. The van der Waals surface area contributed by atoms with Gasteiger partial charge in [0.2, 0.25) is 0 Å². The number of Topliss-reactive ketones (excluding diaryl/α,β-unsaturated/α-hetero) is 1. The highest BCUT2D eigenvalue weighted by Gasteiger charge is 2.24. The number of carbonyl (C=O) groups is 3. The summed E-state index contributed by atoms with van der Waals surface area (Å²) in [7, 11) is 0. The van der Waals surface area contributed by atoms with Gasteiger partial charge < -0.3 is 31.2 Å². The van der Waals surface area contributed by atoms with Gasteiger partial charge in [0.15, 0.2) is 17.5 Å². The predicted octanol–water partition coefficient (Wildman–Crippen LogP) is 3.68. The minimum atomic E-state index is -1.06. The second-order valence-corrected chi connectivity index (χ2v) is 9.61. The molecule has 1 heterocycles. The Kier molecular flexibility index (Phi) is 9.00. The van der Waals surface area contributed by atoms with Gasteiger partial charge in [-0.3, -0.25) is 9.59 Å². The van der Waals surface area contributed by atoms with Gasteiger partial charge in [-0.15, -0.1) is 0 Å². The van der Waals surface area contributed by atoms with Crippen molar-refractivity contribution in [1.82, 2.24) is 0 Å². The third kappa shape index (κ3) is 7.37. The fourth-order valence-corrected chi connectivity index (χ4v) is 4.61. The second-order valence-electron chi connectivity index (χ2n) is 9.61. The molecule has 1 atom stereocenters. The van der Waals surface area contributed by atoms with Crippen LogP contribution in [0.5, 0.6) is 17.2 Å². The first kappa shape index (κ1) is 28.2. The number of aliphatic imine (C=N–C) groups is 1. The van der Waals surface area contributed by atoms with Crippen LogP contribution in [0.2, 0.25) is 0 Å². The van der Waals surface area contributed by atoms with Crippen LogP contribution < -0.4 is 20.9 Å². The number of nitrogens with zero attached hydrogens (tertiary/aromatic N) is 1. The lowest BCUT2D eigenvalue weighted by Gasteiger charge is -2.19. The van der Waals surface area contributed by atoms with Crippen LogP contribution in [0.15, 0.2) is 65.7 Å². The van der Waals surface area contributed by atoms with E-state index in [0.717, 1.165) is 11.1 Å². The van der Waals surface area contributed by atoms with Crippen molar-refractivity contribution in [2.24, 2.45) is 22.4 Å². The van der Waals surface area contributed by atoms with E-state index in [4.69, 9.17) is 20.9 Å². The zero-order valence-electron chi connectivity index (χ0n) is 21.8. The molecule has 0 amide bonds. The topological polar surface area (TPSA) is 175 Å². The molecule has 6 N–H and O–H groups in total. The summed E-state index contributed by atoms with van der Waals surface area (Å²) >= 11 is 0. The predicted molar refractivity (Wildman–Crippen MR) is 148 cm³/mol. The molecule has 0 unspecified atom stereocenters. The molecule has 10 heteroatoms. The minimum Gasteiger partial charge on any atom is -0.508 e. The number of aromatic hydroxyl groups is 1. The Balaban J connectivity index is 1.46. The van der Waals surface area contributed by atoms with Gasteiger partial charge in [-0.05, 0) is 78.8 Å². The van der Waals surface area contributed by atoms with Crippen molar-refractivity contribution in [2.45, 2.75) is 38.5 Å². The first-order chi connectivity index (χ1) is 19.2. The molecule has 0 aromatic heterocycles. The summed E-state index contributed by atoms with van der Waals surface area (Å²) in [6, 6.07) is 16.4. The van der Waals surface area contributed by atoms with Gasteiger partial charge in [-0.25, -0.2) is 9.79 Å². The van der Waals surface area contributed by atoms with Gasteiger partial charge in [-0.1, -0.05) is 24.3 Å². The molecule has 0 spiro atoms. The lowest BCUT2D eigenvalue weighted by atomic mass is 9.92. The van der Waals surface area contributed by atoms with Gasteiger partial charge >= 0.3 is 11.9 Å². The molecular formula is C30H31N3O7. The van der Waals surface area contributed by atoms with Crippen LogP contribution in [0.4, 0.5) is 5.69 Å². The Bertz CT molecular complexity index is 1430. The molecule has 1 aliphatic heterocycles. The molecule has 0 bridgehead atoms. The third-order valence-electron chi connectivity index (χ3n) is 6.58. The molecule has 1 aliphatic rings. The van der Waals surface area contributed by atoms with Crippen molar-refractivity contribution in [1.29, 1.82) is 0 Å². The normalized spacial score (nSPS) is 13.6. The van der Waals surface area contributed by atoms with Gasteiger partial charge in [0.25, 0.3) is 0 Å². The number of carboxylic acid groups (broad SMARTS) is 1. The molecule has 0 saturated carbocycles. The van der Waals surface area contributed by atoms with Crippen LogP contribution in [0.25, 0.3) is 0 Å². The molecule has 0 saturated heterocycles. The first-order valence-corrected chi connectivity index (χ1v) is 12.9. The van der Waals surface area contributed by atoms with Crippen LogP contribution in [0.3, 0.4) is 0 Å². The second kappa shape index (κ2) is 12.8. The molecule has 0 fully saturated rings. The fourth-order valence-electron chi connectivity index (χ4n) is 4.61. The van der Waals surface area contributed by atoms with E-state index in [1.807, 2.05) is 0 Å². The standard InChI is InChI=1S/C30H31N3O7/c31-30(32)33-22-9-13-25-20(16-22)4-2-14-39-27-19(3-1-5-26(27)40-29(25)38)8-12-24(35)17-21(28(36)37)15-18-6-10-23(34)11-7-18/h1,3,5-7,9-11,13,16,21,34H,2,4,8,12,14-15,17H2,(H,36,37)(H4,31,32,33)/t21-/m1/s1. The zero-order valence-corrected chi connectivity index (χ0v) is 21.8. The highest BCUT2D eigenvalue weighted by atomic mass is 16.6. The van der Waals surface area contributed by atoms with Crippen molar-refractivity contribution >= 4 is 29.4 Å². The summed E-state index contributed by atoms with van der Waals surface area (Å²) < 4.78 is 11.7. The van der Waals surface area contributed by atoms with Crippen molar-refractivity contribution < 1.29 is 34.1 Å². The minimum absolute atomic E-state index is 0.0820. The number of carbonyl (C=O) groups excluding carboxylic acids is 2. The number of para-hydroxylation sites is 1. The summed E-state index contributed by atoms with van der Waals surface area (Å²) in [5.74, 6) is -2.05. The Labute approximate surface area is 231 Å². The summed E-state index contributed by atoms with van der Waals surface area (Å²) in [6.45, 7) is 0.342. The lowest BCUT2D eigenvalue weighted by Crippen LogP contribution is -2.22. The number of esters is 1. The van der Waals surface area contributed by atoms with Crippen LogP contribution in [-0.4, -0.2) is 40.5 Å². The Morgan fingerprint density at radius 1 is 1.05 bits per heavy atom. The summed E-state index contributed by atoms with van der Waals surface area (Å²) in [6.07, 6.45) is 1.59. The van der Waals surface area contributed by atoms with Crippen LogP contribution >= 0.6 is 0 Å². The van der Waals surface area contributed by atoms with E-state index < -0.39 is 17.9 Å². The number of hydrogen-bond acceptors (Lipinski definition) is 7. The first-order valence-electron chi connectivity index (χ1n) is 12.9. The maximum Gasteiger partial charge on any atom is 0.343 e. The molecule has 4 rings (SSSR count). The van der Waals surface area contributed by atoms with E-state index in [9.17, 15) is 24.6 Å². The van der Waals surface area contributed by atoms with E-state index in [0.29, 0.717) is 48.4 Å². The van der Waals surface area contributed by atoms with Gasteiger partial charge in [0.05, 0.1) is 23.8 Å². The van der Waals surface area contributed by atoms with Crippen LogP contribution in [0, 0.1) is 5.92 Å². The monoisotopic (exact) mass is 545 g/mol. The molecule has 0 aliphatic carbocycles. The number of phenolic OH excluding ortho intramolecular Hbond substituents is 1. The summed E-state index contributed by atoms with van der Waals surface area (Å²) in [5.41, 5.74) is 14.0. The largest absolute Gasteiger partial charge is 0.508 e. The van der Waals surface area contributed by atoms with Crippen LogP contribution in [0.1, 0.15) is 46.3 Å². The summed E-state index contributed by atoms with van der Waals surface area (Å²) in [5, 5.41) is 19.1. The molecule has 3 aromatic rings. The van der Waals surface area contributed by atoms with Crippen molar-refractivity contribution in [3.63, 3.8) is 0 Å². The fraction of sp³-hybridized carbons (Fsp3) is 0.267. The van der Waals surface area contributed by atoms with Gasteiger partial charge in [-0.2, -0.15) is 0 Å². The number of guanidine groups is 1. The van der Waals surface area contributed by atoms with Gasteiger partial charge in [0.1, 0.15) is 11.5 Å². The number of aryl methyl sites for hydroxylation is 2. The highest BCUT2D eigenvalue weighted by Crippen LogP contribution is 2.34. The Morgan fingerprint density at radius 2 is 1.82 bits per heavy atom. The lowest BCUT2D eigenvalue weighted by molar-refractivity contribution is -0.143.